The number of hydrogen-bond acceptors (Lipinski definition) is 0. The van der Waals surface area contributed by atoms with Crippen molar-refractivity contribution in [2.75, 3.05) is 0 Å². The van der Waals surface area contributed by atoms with E-state index in [-0.39, 0.29) is 18.2 Å². The van der Waals surface area contributed by atoms with E-state index in [9.17, 15) is 0 Å². The van der Waals surface area contributed by atoms with E-state index in [0.29, 0.717) is 0 Å². The molecule has 0 nitrogen and oxygen atoms in total. The lowest BCUT2D eigenvalue weighted by Crippen LogP contribution is -2.20. The van der Waals surface area contributed by atoms with E-state index in [0.717, 1.165) is 0 Å². The van der Waals surface area contributed by atoms with Crippen LogP contribution in [0.5, 0.6) is 0 Å². The van der Waals surface area contributed by atoms with Gasteiger partial charge in [-0.3, -0.25) is 12.9 Å². The summed E-state index contributed by atoms with van der Waals surface area (Å²) in [6.45, 7) is 11.2. The molecule has 0 amide bonds. The molecule has 2 heteroatoms. The van der Waals surface area contributed by atoms with Crippen LogP contribution in [0.4, 0.5) is 0 Å². The average Bonchev–Trinajstić information content (AvgIpc) is 2.13. The normalized spacial score (nSPS) is 10.0. The monoisotopic (exact) mass is 250 g/mol. The van der Waals surface area contributed by atoms with Crippen molar-refractivity contribution >= 4 is 34.8 Å². The first-order chi connectivity index (χ1) is 6.00. The van der Waals surface area contributed by atoms with Crippen LogP contribution in [0, 0.1) is 34.6 Å². The third-order valence-corrected chi connectivity index (χ3v) is 6.30. The zero-order valence-electron chi connectivity index (χ0n) is 9.09. The van der Waals surface area contributed by atoms with Gasteiger partial charge in [-0.2, -0.15) is 0 Å². The molecule has 0 aliphatic heterocycles. The fourth-order valence-electron chi connectivity index (χ4n) is 1.78. The molecule has 0 bridgehead atoms. The molecule has 1 aromatic carbocycles. The minimum atomic E-state index is -0.213. The summed E-state index contributed by atoms with van der Waals surface area (Å²) in [5, 5.41) is 0. The first-order valence-electron chi connectivity index (χ1n) is 4.62. The Balaban J connectivity index is 3.56. The Morgan fingerprint density at radius 1 is 0.692 bits per heavy atom. The molecule has 0 aliphatic carbocycles. The fraction of sp³-hybridized carbons (Fsp3) is 0.455. The topological polar surface area (TPSA) is 0 Å². The Morgan fingerprint density at radius 2 is 1.00 bits per heavy atom. The smallest absolute Gasteiger partial charge is 0.296 e. The molecule has 0 N–H and O–H groups in total. The molecule has 0 saturated heterocycles. The van der Waals surface area contributed by atoms with Crippen LogP contribution in [-0.4, -0.2) is 18.2 Å². The highest BCUT2D eigenvalue weighted by atomic mass is 79.9. The van der Waals surface area contributed by atoms with Crippen LogP contribution >= 0.6 is 12.9 Å². The van der Waals surface area contributed by atoms with Crippen molar-refractivity contribution in [1.82, 2.24) is 0 Å². The van der Waals surface area contributed by atoms with Gasteiger partial charge in [-0.05, 0) is 51.3 Å². The molecule has 68 valence electrons. The standard InChI is InChI=1S/C11H15.BrH.Mg/c1-7-6-8(2)10(4)11(5)9(7)3;;/h1-5H3;1H;/q;;+1/p-1. The van der Waals surface area contributed by atoms with E-state index < -0.39 is 0 Å². The van der Waals surface area contributed by atoms with Gasteiger partial charge in [0.25, 0.3) is 0 Å². The summed E-state index contributed by atoms with van der Waals surface area (Å²) >= 11 is 3.48. The number of rotatable bonds is 1. The second-order valence-electron chi connectivity index (χ2n) is 3.74. The van der Waals surface area contributed by atoms with Gasteiger partial charge in [-0.15, -0.1) is 3.69 Å². The lowest BCUT2D eigenvalue weighted by atomic mass is 9.95. The average molecular weight is 251 g/mol. The van der Waals surface area contributed by atoms with Gasteiger partial charge in [0, 0.05) is 0 Å². The molecule has 0 saturated carbocycles. The molecule has 13 heavy (non-hydrogen) atoms. The lowest BCUT2D eigenvalue weighted by molar-refractivity contribution is 1.20. The summed E-state index contributed by atoms with van der Waals surface area (Å²) in [6, 6.07) is 0. The summed E-state index contributed by atoms with van der Waals surface area (Å²) in [5.41, 5.74) is 7.43. The van der Waals surface area contributed by atoms with Crippen molar-refractivity contribution in [3.05, 3.63) is 27.8 Å². The van der Waals surface area contributed by atoms with E-state index in [4.69, 9.17) is 0 Å². The Labute approximate surface area is 96.7 Å². The van der Waals surface area contributed by atoms with Crippen molar-refractivity contribution in [3.63, 3.8) is 0 Å². The Hall–Kier alpha value is 0.466. The van der Waals surface area contributed by atoms with Crippen LogP contribution in [0.15, 0.2) is 0 Å². The molecule has 1 rings (SSSR count). The number of halogens is 1. The van der Waals surface area contributed by atoms with Crippen LogP contribution in [0.2, 0.25) is 0 Å². The third kappa shape index (κ3) is 1.95. The van der Waals surface area contributed by atoms with Crippen molar-refractivity contribution < 1.29 is 0 Å². The molecule has 0 atom stereocenters. The third-order valence-electron chi connectivity index (χ3n) is 3.29. The fourth-order valence-corrected chi connectivity index (χ4v) is 5.23. The minimum Gasteiger partial charge on any atom is -0.296 e. The predicted molar refractivity (Wildman–Crippen MR) is 64.4 cm³/mol. The second-order valence-corrected chi connectivity index (χ2v) is 6.39. The molecule has 0 aromatic heterocycles. The maximum atomic E-state index is 3.69. The maximum Gasteiger partial charge on any atom is 0.507 e. The van der Waals surface area contributed by atoms with Crippen molar-refractivity contribution in [1.29, 1.82) is 0 Å². The lowest BCUT2D eigenvalue weighted by Gasteiger charge is -2.17. The van der Waals surface area contributed by atoms with Gasteiger partial charge in [-0.1, -0.05) is 11.1 Å². The van der Waals surface area contributed by atoms with Gasteiger partial charge in [0.15, 0.2) is 0 Å². The SMILES string of the molecule is Cc1c(C)c(C)[c]([Mg][Br])c(C)c1C. The number of hydrogen-bond donors (Lipinski definition) is 0. The summed E-state index contributed by atoms with van der Waals surface area (Å²) < 4.78 is 1.60. The van der Waals surface area contributed by atoms with Gasteiger partial charge < -0.3 is 0 Å². The molecule has 0 unspecified atom stereocenters. The van der Waals surface area contributed by atoms with Crippen LogP contribution in [-0.2, 0) is 0 Å². The van der Waals surface area contributed by atoms with Gasteiger partial charge in [-0.25, -0.2) is 0 Å². The van der Waals surface area contributed by atoms with E-state index in [2.05, 4.69) is 47.5 Å². The minimum absolute atomic E-state index is 0.213. The van der Waals surface area contributed by atoms with Gasteiger partial charge in [0.1, 0.15) is 0 Å². The van der Waals surface area contributed by atoms with Gasteiger partial charge in [0.05, 0.1) is 0 Å². The van der Waals surface area contributed by atoms with Crippen molar-refractivity contribution in [3.8, 4) is 0 Å². The summed E-state index contributed by atoms with van der Waals surface area (Å²) in [6.07, 6.45) is 0. The molecule has 1 aromatic rings. The van der Waals surface area contributed by atoms with E-state index in [1.807, 2.05) is 0 Å². The molecule has 0 aliphatic rings. The van der Waals surface area contributed by atoms with Gasteiger partial charge in [0.2, 0.25) is 0 Å². The Morgan fingerprint density at radius 3 is 1.31 bits per heavy atom. The van der Waals surface area contributed by atoms with Crippen molar-refractivity contribution in [2.24, 2.45) is 0 Å². The highest BCUT2D eigenvalue weighted by molar-refractivity contribution is 9.23. The molecule has 0 heterocycles. The van der Waals surface area contributed by atoms with Crippen molar-refractivity contribution in [2.45, 2.75) is 34.6 Å². The summed E-state index contributed by atoms with van der Waals surface area (Å²) in [5.74, 6) is 0. The molecular formula is C11H15BrMg. The van der Waals surface area contributed by atoms with Gasteiger partial charge >= 0.3 is 18.2 Å². The van der Waals surface area contributed by atoms with Crippen LogP contribution in [0.3, 0.4) is 0 Å². The summed E-state index contributed by atoms with van der Waals surface area (Å²) in [4.78, 5) is 0. The van der Waals surface area contributed by atoms with E-state index in [1.54, 1.807) is 3.69 Å². The highest BCUT2D eigenvalue weighted by Gasteiger charge is 2.11. The molecular weight excluding hydrogens is 236 g/mol. The molecule has 0 fully saturated rings. The zero-order chi connectivity index (χ0) is 10.2. The number of benzene rings is 1. The summed E-state index contributed by atoms with van der Waals surface area (Å²) in [7, 11) is 0. The van der Waals surface area contributed by atoms with E-state index in [1.165, 1.54) is 27.8 Å². The Bertz CT molecular complexity index is 313. The molecule has 0 spiro atoms. The first kappa shape index (κ1) is 11.5. The van der Waals surface area contributed by atoms with Crippen LogP contribution in [0.1, 0.15) is 27.8 Å². The zero-order valence-corrected chi connectivity index (χ0v) is 12.1. The highest BCUT2D eigenvalue weighted by Crippen LogP contribution is 2.18. The second kappa shape index (κ2) is 4.33. The quantitative estimate of drug-likeness (QED) is 0.673. The van der Waals surface area contributed by atoms with E-state index >= 15 is 0 Å². The molecule has 0 radical (unpaired) electrons. The largest absolute Gasteiger partial charge is 0.507 e. The van der Waals surface area contributed by atoms with Crippen LogP contribution in [0.25, 0.3) is 0 Å². The van der Waals surface area contributed by atoms with Crippen LogP contribution < -0.4 is 3.69 Å². The first-order valence-corrected chi connectivity index (χ1v) is 9.23. The Kier molecular flexibility index (Phi) is 3.84. The predicted octanol–water partition coefficient (Wildman–Crippen LogP) is 2.87. The maximum absolute atomic E-state index is 3.69.